The maximum absolute atomic E-state index is 12.6. The van der Waals surface area contributed by atoms with Crippen LogP contribution in [0, 0.1) is 0 Å². The highest BCUT2D eigenvalue weighted by molar-refractivity contribution is 9.10. The number of nitrogens with zero attached hydrogens (tertiary/aromatic N) is 1. The molecule has 0 saturated carbocycles. The molecule has 1 N–H and O–H groups in total. The van der Waals surface area contributed by atoms with Gasteiger partial charge in [0.15, 0.2) is 0 Å². The summed E-state index contributed by atoms with van der Waals surface area (Å²) < 4.78 is 0.795. The van der Waals surface area contributed by atoms with Crippen molar-refractivity contribution in [3.05, 3.63) is 92.9 Å². The monoisotopic (exact) mass is 454 g/mol. The minimum atomic E-state index is -0.408. The molecule has 0 saturated heterocycles. The first kappa shape index (κ1) is 18.4. The first-order chi connectivity index (χ1) is 13.5. The second-order valence-electron chi connectivity index (χ2n) is 6.12. The molecule has 5 nitrogen and oxygen atoms in total. The van der Waals surface area contributed by atoms with Crippen LogP contribution in [-0.4, -0.2) is 17.7 Å². The van der Waals surface area contributed by atoms with Crippen molar-refractivity contribution in [2.75, 3.05) is 10.2 Å². The molecule has 0 radical (unpaired) electrons. The van der Waals surface area contributed by atoms with Gasteiger partial charge in [-0.2, -0.15) is 0 Å². The van der Waals surface area contributed by atoms with Crippen molar-refractivity contribution in [2.45, 2.75) is 0 Å². The van der Waals surface area contributed by atoms with E-state index in [1.165, 1.54) is 6.07 Å². The molecule has 3 aromatic carbocycles. The zero-order valence-electron chi connectivity index (χ0n) is 14.3. The Hall–Kier alpha value is -2.96. The lowest BCUT2D eigenvalue weighted by Crippen LogP contribution is -2.29. The molecule has 7 heteroatoms. The molecule has 1 aliphatic rings. The van der Waals surface area contributed by atoms with Gasteiger partial charge >= 0.3 is 0 Å². The largest absolute Gasteiger partial charge is 0.321 e. The van der Waals surface area contributed by atoms with Crippen LogP contribution in [0.15, 0.2) is 71.2 Å². The molecule has 28 heavy (non-hydrogen) atoms. The molecule has 0 atom stereocenters. The lowest BCUT2D eigenvalue weighted by atomic mass is 10.1. The van der Waals surface area contributed by atoms with Gasteiger partial charge in [-0.15, -0.1) is 0 Å². The first-order valence-corrected chi connectivity index (χ1v) is 9.47. The average molecular weight is 456 g/mol. The number of hydrogen-bond donors (Lipinski definition) is 1. The van der Waals surface area contributed by atoms with Crippen LogP contribution in [0.25, 0.3) is 0 Å². The van der Waals surface area contributed by atoms with E-state index in [0.29, 0.717) is 33.1 Å². The van der Waals surface area contributed by atoms with E-state index in [9.17, 15) is 14.4 Å². The van der Waals surface area contributed by atoms with Gasteiger partial charge in [-0.25, -0.2) is 4.90 Å². The van der Waals surface area contributed by atoms with Crippen LogP contribution in [0.3, 0.4) is 0 Å². The van der Waals surface area contributed by atoms with Crippen molar-refractivity contribution < 1.29 is 14.4 Å². The summed E-state index contributed by atoms with van der Waals surface area (Å²) in [6.07, 6.45) is 0. The van der Waals surface area contributed by atoms with Gasteiger partial charge in [0.05, 0.1) is 27.5 Å². The highest BCUT2D eigenvalue weighted by atomic mass is 79.9. The van der Waals surface area contributed by atoms with Gasteiger partial charge < -0.3 is 5.32 Å². The van der Waals surface area contributed by atoms with Gasteiger partial charge in [-0.05, 0) is 48.5 Å². The summed E-state index contributed by atoms with van der Waals surface area (Å²) in [6, 6.07) is 18.1. The Balaban J connectivity index is 1.63. The molecule has 1 heterocycles. The fourth-order valence-electron chi connectivity index (χ4n) is 3.00. The Morgan fingerprint density at radius 2 is 1.57 bits per heavy atom. The van der Waals surface area contributed by atoms with Gasteiger partial charge in [0.1, 0.15) is 0 Å². The lowest BCUT2D eigenvalue weighted by Gasteiger charge is -2.15. The summed E-state index contributed by atoms with van der Waals surface area (Å²) in [4.78, 5) is 39.0. The molecule has 138 valence electrons. The number of benzene rings is 3. The molecule has 0 spiro atoms. The standard InChI is InChI=1S/C21H12BrClN2O3/c22-13-8-9-18(17(23)11-13)24-19(26)12-4-3-5-14(10-12)25-20(27)15-6-1-2-7-16(15)21(25)28/h1-11H,(H,24,26). The number of halogens is 2. The Kier molecular flexibility index (Phi) is 4.75. The van der Waals surface area contributed by atoms with E-state index >= 15 is 0 Å². The predicted octanol–water partition coefficient (Wildman–Crippen LogP) is 5.16. The van der Waals surface area contributed by atoms with Crippen LogP contribution in [-0.2, 0) is 0 Å². The second kappa shape index (κ2) is 7.22. The Morgan fingerprint density at radius 3 is 2.21 bits per heavy atom. The van der Waals surface area contributed by atoms with Crippen LogP contribution in [0.4, 0.5) is 11.4 Å². The number of rotatable bonds is 3. The van der Waals surface area contributed by atoms with Crippen molar-refractivity contribution in [3.63, 3.8) is 0 Å². The van der Waals surface area contributed by atoms with E-state index in [2.05, 4.69) is 21.2 Å². The van der Waals surface area contributed by atoms with E-state index in [1.54, 1.807) is 60.7 Å². The van der Waals surface area contributed by atoms with Gasteiger partial charge in [0.2, 0.25) is 0 Å². The van der Waals surface area contributed by atoms with Crippen LogP contribution in [0.2, 0.25) is 5.02 Å². The summed E-state index contributed by atoms with van der Waals surface area (Å²) in [5.41, 5.74) is 1.79. The lowest BCUT2D eigenvalue weighted by molar-refractivity contribution is 0.0924. The van der Waals surface area contributed by atoms with E-state index in [-0.39, 0.29) is 0 Å². The maximum Gasteiger partial charge on any atom is 0.266 e. The number of hydrogen-bond acceptors (Lipinski definition) is 3. The zero-order chi connectivity index (χ0) is 19.8. The summed E-state index contributed by atoms with van der Waals surface area (Å²) in [5.74, 6) is -1.22. The van der Waals surface area contributed by atoms with Crippen molar-refractivity contribution in [1.29, 1.82) is 0 Å². The zero-order valence-corrected chi connectivity index (χ0v) is 16.6. The van der Waals surface area contributed by atoms with Crippen molar-refractivity contribution in [2.24, 2.45) is 0 Å². The van der Waals surface area contributed by atoms with E-state index in [4.69, 9.17) is 11.6 Å². The summed E-state index contributed by atoms with van der Waals surface area (Å²) in [7, 11) is 0. The predicted molar refractivity (Wildman–Crippen MR) is 111 cm³/mol. The Morgan fingerprint density at radius 1 is 0.893 bits per heavy atom. The second-order valence-corrected chi connectivity index (χ2v) is 7.44. The summed E-state index contributed by atoms with van der Waals surface area (Å²) in [6.45, 7) is 0. The van der Waals surface area contributed by atoms with Crippen molar-refractivity contribution >= 4 is 56.6 Å². The van der Waals surface area contributed by atoms with Gasteiger partial charge in [0.25, 0.3) is 17.7 Å². The third kappa shape index (κ3) is 3.21. The topological polar surface area (TPSA) is 66.5 Å². The SMILES string of the molecule is O=C(Nc1ccc(Br)cc1Cl)c1cccc(N2C(=O)c3ccccc3C2=O)c1. The van der Waals surface area contributed by atoms with Crippen LogP contribution in [0.1, 0.15) is 31.1 Å². The highest BCUT2D eigenvalue weighted by Gasteiger charge is 2.36. The molecule has 3 amide bonds. The molecule has 0 aromatic heterocycles. The molecule has 0 aliphatic carbocycles. The number of nitrogens with one attached hydrogen (secondary N) is 1. The third-order valence-electron chi connectivity index (χ3n) is 4.34. The molecule has 0 unspecified atom stereocenters. The number of amides is 3. The quantitative estimate of drug-likeness (QED) is 0.555. The van der Waals surface area contributed by atoms with Crippen LogP contribution >= 0.6 is 27.5 Å². The van der Waals surface area contributed by atoms with Gasteiger partial charge in [-0.1, -0.05) is 45.7 Å². The third-order valence-corrected chi connectivity index (χ3v) is 5.15. The average Bonchev–Trinajstić information content (AvgIpc) is 2.95. The number of carbonyl (C=O) groups excluding carboxylic acids is 3. The molecule has 0 bridgehead atoms. The van der Waals surface area contributed by atoms with Crippen molar-refractivity contribution in [3.8, 4) is 0 Å². The minimum absolute atomic E-state index is 0.299. The van der Waals surface area contributed by atoms with E-state index in [0.717, 1.165) is 9.37 Å². The van der Waals surface area contributed by atoms with E-state index < -0.39 is 17.7 Å². The number of imide groups is 1. The molecular weight excluding hydrogens is 444 g/mol. The van der Waals surface area contributed by atoms with Crippen LogP contribution < -0.4 is 10.2 Å². The minimum Gasteiger partial charge on any atom is -0.321 e. The van der Waals surface area contributed by atoms with E-state index in [1.807, 2.05) is 0 Å². The fourth-order valence-corrected chi connectivity index (χ4v) is 3.72. The van der Waals surface area contributed by atoms with Gasteiger partial charge in [0, 0.05) is 10.0 Å². The first-order valence-electron chi connectivity index (χ1n) is 8.30. The molecular formula is C21H12BrClN2O3. The highest BCUT2D eigenvalue weighted by Crippen LogP contribution is 2.30. The normalized spacial score (nSPS) is 12.9. The molecule has 3 aromatic rings. The number of fused-ring (bicyclic) bond motifs is 1. The van der Waals surface area contributed by atoms with Gasteiger partial charge in [-0.3, -0.25) is 14.4 Å². The Labute approximate surface area is 174 Å². The molecule has 4 rings (SSSR count). The molecule has 0 fully saturated rings. The fraction of sp³-hybridized carbons (Fsp3) is 0. The number of anilines is 2. The van der Waals surface area contributed by atoms with Crippen LogP contribution in [0.5, 0.6) is 0 Å². The number of carbonyl (C=O) groups is 3. The summed E-state index contributed by atoms with van der Waals surface area (Å²) >= 11 is 9.46. The smallest absolute Gasteiger partial charge is 0.266 e. The van der Waals surface area contributed by atoms with Crippen molar-refractivity contribution in [1.82, 2.24) is 0 Å². The maximum atomic E-state index is 12.6. The Bertz CT molecular complexity index is 1110. The molecule has 1 aliphatic heterocycles. The summed E-state index contributed by atoms with van der Waals surface area (Å²) in [5, 5.41) is 3.12.